The number of benzene rings is 2. The molecule has 1 fully saturated rings. The Kier molecular flexibility index (Phi) is 5.93. The lowest BCUT2D eigenvalue weighted by atomic mass is 9.86. The van der Waals surface area contributed by atoms with Gasteiger partial charge >= 0.3 is 5.97 Å². The van der Waals surface area contributed by atoms with Crippen LogP contribution in [0.3, 0.4) is 0 Å². The molecular weight excluding hydrogens is 490 g/mol. The Morgan fingerprint density at radius 2 is 1.89 bits per heavy atom. The molecular formula is C28H26ClN5O3. The van der Waals surface area contributed by atoms with Crippen LogP contribution >= 0.6 is 11.6 Å². The molecule has 9 heteroatoms. The molecule has 1 aliphatic heterocycles. The Bertz CT molecular complexity index is 1620. The molecule has 1 atom stereocenters. The van der Waals surface area contributed by atoms with Gasteiger partial charge in [0.25, 0.3) is 0 Å². The van der Waals surface area contributed by atoms with E-state index >= 15 is 0 Å². The summed E-state index contributed by atoms with van der Waals surface area (Å²) >= 11 is 6.45. The Morgan fingerprint density at radius 1 is 1.14 bits per heavy atom. The molecule has 0 radical (unpaired) electrons. The number of ether oxygens (including phenoxy) is 1. The van der Waals surface area contributed by atoms with Crippen LogP contribution in [0.15, 0.2) is 54.7 Å². The third-order valence-electron chi connectivity index (χ3n) is 7.36. The fraction of sp³-hybridized carbons (Fsp3) is 0.286. The van der Waals surface area contributed by atoms with Gasteiger partial charge in [-0.3, -0.25) is 4.98 Å². The number of carboxylic acids is 1. The summed E-state index contributed by atoms with van der Waals surface area (Å²) < 4.78 is 9.71. The predicted molar refractivity (Wildman–Crippen MR) is 142 cm³/mol. The number of aromatic carboxylic acids is 1. The fourth-order valence-electron chi connectivity index (χ4n) is 5.69. The Hall–Kier alpha value is -3.75. The molecule has 37 heavy (non-hydrogen) atoms. The van der Waals surface area contributed by atoms with Gasteiger partial charge in [0.05, 0.1) is 44.6 Å². The highest BCUT2D eigenvalue weighted by atomic mass is 35.5. The van der Waals surface area contributed by atoms with E-state index in [0.717, 1.165) is 57.3 Å². The van der Waals surface area contributed by atoms with Gasteiger partial charge in [-0.15, -0.1) is 5.10 Å². The molecule has 2 aromatic carbocycles. The summed E-state index contributed by atoms with van der Waals surface area (Å²) in [5.41, 5.74) is 6.30. The number of hydrogen-bond acceptors (Lipinski definition) is 5. The summed E-state index contributed by atoms with van der Waals surface area (Å²) in [6.45, 7) is 3.32. The molecule has 188 valence electrons. The van der Waals surface area contributed by atoms with Crippen molar-refractivity contribution in [1.29, 1.82) is 0 Å². The van der Waals surface area contributed by atoms with Crippen LogP contribution in [0, 0.1) is 12.8 Å². The summed E-state index contributed by atoms with van der Waals surface area (Å²) in [6.07, 6.45) is 3.62. The molecule has 1 N–H and O–H groups in total. The molecule has 0 saturated carbocycles. The minimum Gasteiger partial charge on any atom is -0.478 e. The van der Waals surface area contributed by atoms with Gasteiger partial charge < -0.3 is 14.4 Å². The molecule has 0 amide bonds. The smallest absolute Gasteiger partial charge is 0.337 e. The summed E-state index contributed by atoms with van der Waals surface area (Å²) in [6, 6.07) is 15.9. The molecule has 1 saturated heterocycles. The zero-order valence-electron chi connectivity index (χ0n) is 20.6. The molecule has 0 spiro atoms. The van der Waals surface area contributed by atoms with Crippen LogP contribution < -0.4 is 0 Å². The van der Waals surface area contributed by atoms with Crippen LogP contribution in [0.25, 0.3) is 33.2 Å². The van der Waals surface area contributed by atoms with Crippen LogP contribution in [0.5, 0.6) is 0 Å². The van der Waals surface area contributed by atoms with Crippen molar-refractivity contribution >= 4 is 39.5 Å². The number of pyridine rings is 1. The van der Waals surface area contributed by atoms with Crippen molar-refractivity contribution in [3.63, 3.8) is 0 Å². The topological polar surface area (TPSA) is 95.1 Å². The van der Waals surface area contributed by atoms with Gasteiger partial charge in [0, 0.05) is 37.4 Å². The molecule has 3 aromatic heterocycles. The van der Waals surface area contributed by atoms with E-state index in [0.29, 0.717) is 19.1 Å². The maximum atomic E-state index is 12.1. The zero-order chi connectivity index (χ0) is 25.7. The summed E-state index contributed by atoms with van der Waals surface area (Å²) in [5.74, 6) is -0.765. The number of nitrogens with zero attached hydrogens (tertiary/aromatic N) is 5. The summed E-state index contributed by atoms with van der Waals surface area (Å²) in [5, 5.41) is 19.3. The molecule has 0 bridgehead atoms. The minimum atomic E-state index is -1.06. The first-order chi connectivity index (χ1) is 17.9. The van der Waals surface area contributed by atoms with E-state index in [-0.39, 0.29) is 16.6 Å². The monoisotopic (exact) mass is 515 g/mol. The first kappa shape index (κ1) is 23.6. The van der Waals surface area contributed by atoms with Crippen molar-refractivity contribution in [2.45, 2.75) is 25.8 Å². The van der Waals surface area contributed by atoms with Gasteiger partial charge in [-0.2, -0.15) is 0 Å². The second-order valence-electron chi connectivity index (χ2n) is 9.57. The first-order valence-electron chi connectivity index (χ1n) is 12.3. The molecule has 5 aromatic rings. The fourth-order valence-corrected chi connectivity index (χ4v) is 5.93. The third kappa shape index (κ3) is 3.97. The van der Waals surface area contributed by atoms with Crippen LogP contribution in [0.4, 0.5) is 0 Å². The molecule has 1 unspecified atom stereocenters. The molecule has 0 aliphatic carbocycles. The molecule has 1 aliphatic rings. The Labute approximate surface area is 218 Å². The number of aryl methyl sites for hydroxylation is 2. The molecule has 4 heterocycles. The number of carbonyl (C=O) groups is 1. The highest BCUT2D eigenvalue weighted by molar-refractivity contribution is 6.35. The predicted octanol–water partition coefficient (Wildman–Crippen LogP) is 5.66. The zero-order valence-corrected chi connectivity index (χ0v) is 21.3. The lowest BCUT2D eigenvalue weighted by Crippen LogP contribution is -2.27. The summed E-state index contributed by atoms with van der Waals surface area (Å²) in [4.78, 5) is 17.0. The van der Waals surface area contributed by atoms with E-state index in [4.69, 9.17) is 21.3 Å². The molecule has 8 nitrogen and oxygen atoms in total. The van der Waals surface area contributed by atoms with Crippen molar-refractivity contribution in [1.82, 2.24) is 24.5 Å². The van der Waals surface area contributed by atoms with Crippen LogP contribution in [-0.2, 0) is 11.8 Å². The van der Waals surface area contributed by atoms with Crippen molar-refractivity contribution < 1.29 is 14.6 Å². The lowest BCUT2D eigenvalue weighted by Gasteiger charge is -2.33. The first-order valence-corrected chi connectivity index (χ1v) is 12.7. The number of carboxylic acid groups (broad SMARTS) is 1. The normalized spacial score (nSPS) is 15.4. The van der Waals surface area contributed by atoms with Gasteiger partial charge in [0.15, 0.2) is 0 Å². The summed E-state index contributed by atoms with van der Waals surface area (Å²) in [7, 11) is 1.86. The van der Waals surface area contributed by atoms with E-state index in [1.54, 1.807) is 16.8 Å². The Morgan fingerprint density at radius 3 is 2.57 bits per heavy atom. The quantitative estimate of drug-likeness (QED) is 0.324. The van der Waals surface area contributed by atoms with E-state index < -0.39 is 5.97 Å². The van der Waals surface area contributed by atoms with E-state index in [2.05, 4.69) is 33.1 Å². The molecule has 6 rings (SSSR count). The van der Waals surface area contributed by atoms with Gasteiger partial charge in [0.1, 0.15) is 0 Å². The standard InChI is InChI=1S/C28H26ClN5O3/c1-16-26(33(2)32-31-16)19-12-24-25(30-15-19)21-13-22(29)20(28(35)36)14-23(21)34(24)27(17-6-4-3-5-7-17)18-8-10-37-11-9-18/h3-7,12-15,18,27H,8-11H2,1-2H3,(H,35,36). The Balaban J connectivity index is 1.71. The van der Waals surface area contributed by atoms with Crippen molar-refractivity contribution in [2.75, 3.05) is 13.2 Å². The van der Waals surface area contributed by atoms with Crippen molar-refractivity contribution in [3.05, 3.63) is 76.6 Å². The second kappa shape index (κ2) is 9.28. The van der Waals surface area contributed by atoms with E-state index in [9.17, 15) is 9.90 Å². The maximum Gasteiger partial charge on any atom is 0.337 e. The largest absolute Gasteiger partial charge is 0.478 e. The van der Waals surface area contributed by atoms with Crippen molar-refractivity contribution in [3.8, 4) is 11.3 Å². The second-order valence-corrected chi connectivity index (χ2v) is 9.98. The van der Waals surface area contributed by atoms with E-state index in [1.165, 1.54) is 0 Å². The SMILES string of the molecule is Cc1nnn(C)c1-c1cnc2c3cc(Cl)c(C(=O)O)cc3n(C(c3ccccc3)C3CCOCC3)c2c1. The average Bonchev–Trinajstić information content (AvgIpc) is 3.40. The minimum absolute atomic E-state index is 0.0456. The number of rotatable bonds is 5. The number of halogens is 1. The average molecular weight is 516 g/mol. The highest BCUT2D eigenvalue weighted by Gasteiger charge is 2.31. The van der Waals surface area contributed by atoms with Crippen LogP contribution in [-0.4, -0.2) is 48.8 Å². The van der Waals surface area contributed by atoms with Gasteiger partial charge in [0.2, 0.25) is 0 Å². The van der Waals surface area contributed by atoms with Crippen LogP contribution in [0.1, 0.15) is 40.5 Å². The highest BCUT2D eigenvalue weighted by Crippen LogP contribution is 2.42. The van der Waals surface area contributed by atoms with Gasteiger partial charge in [-0.25, -0.2) is 9.48 Å². The number of aromatic nitrogens is 5. The van der Waals surface area contributed by atoms with Crippen LogP contribution in [0.2, 0.25) is 5.02 Å². The van der Waals surface area contributed by atoms with Crippen molar-refractivity contribution in [2.24, 2.45) is 13.0 Å². The third-order valence-corrected chi connectivity index (χ3v) is 7.67. The van der Waals surface area contributed by atoms with E-state index in [1.807, 2.05) is 38.4 Å². The number of hydrogen-bond donors (Lipinski definition) is 1. The maximum absolute atomic E-state index is 12.1. The van der Waals surface area contributed by atoms with Gasteiger partial charge in [-0.05, 0) is 49.4 Å². The van der Waals surface area contributed by atoms with Gasteiger partial charge in [-0.1, -0.05) is 47.1 Å². The number of fused-ring (bicyclic) bond motifs is 3. The lowest BCUT2D eigenvalue weighted by molar-refractivity contribution is 0.0553.